The number of nitrogens with one attached hydrogen (secondary N) is 3. The molecule has 5 aromatic rings. The molecule has 0 aliphatic rings. The summed E-state index contributed by atoms with van der Waals surface area (Å²) >= 11 is 0. The molecule has 0 aliphatic carbocycles. The van der Waals surface area contributed by atoms with Gasteiger partial charge in [-0.05, 0) is 60.5 Å². The van der Waals surface area contributed by atoms with Gasteiger partial charge in [0.05, 0.1) is 19.8 Å². The van der Waals surface area contributed by atoms with Crippen LogP contribution in [0.25, 0.3) is 0 Å². The maximum Gasteiger partial charge on any atom is 0.251 e. The Bertz CT molecular complexity index is 1790. The first-order valence-corrected chi connectivity index (χ1v) is 16.4. The van der Waals surface area contributed by atoms with Gasteiger partial charge in [0, 0.05) is 55.7 Å². The lowest BCUT2D eigenvalue weighted by Gasteiger charge is -2.19. The number of phenols is 1. The zero-order chi connectivity index (χ0) is 35.0. The van der Waals surface area contributed by atoms with Gasteiger partial charge in [0.25, 0.3) is 5.91 Å². The van der Waals surface area contributed by atoms with Crippen molar-refractivity contribution in [3.05, 3.63) is 126 Å². The number of amides is 1. The Kier molecular flexibility index (Phi) is 13.2. The molecule has 12 nitrogen and oxygen atoms in total. The first kappa shape index (κ1) is 35.5. The number of hydrogen-bond acceptors (Lipinski definition) is 11. The lowest BCUT2D eigenvalue weighted by Crippen LogP contribution is -2.23. The standard InChI is InChI=1S/C38H41N7O5/c1-45(32-18-14-30(15-19-32)35(48)40-27-28-9-4-2-5-10-28)38-43-36(42-37(44-38)41-31-16-20-33(46)21-17-31)39-22-24-50-26-25-49-23-8-13-34(47)29-11-6-3-7-12-29/h2-7,9-12,14-21,46H,8,13,22-27H2,1H3,(H,40,48)(H2,39,41,42,43,44). The van der Waals surface area contributed by atoms with Gasteiger partial charge in [0.2, 0.25) is 17.8 Å². The highest BCUT2D eigenvalue weighted by molar-refractivity contribution is 5.96. The van der Waals surface area contributed by atoms with Crippen LogP contribution >= 0.6 is 0 Å². The van der Waals surface area contributed by atoms with Gasteiger partial charge in [0.1, 0.15) is 5.75 Å². The molecule has 0 aliphatic heterocycles. The van der Waals surface area contributed by atoms with Crippen molar-refractivity contribution in [2.75, 3.05) is 55.6 Å². The van der Waals surface area contributed by atoms with E-state index in [-0.39, 0.29) is 17.4 Å². The van der Waals surface area contributed by atoms with E-state index < -0.39 is 0 Å². The van der Waals surface area contributed by atoms with Crippen molar-refractivity contribution in [1.82, 2.24) is 20.3 Å². The predicted molar refractivity (Wildman–Crippen MR) is 193 cm³/mol. The molecule has 0 unspecified atom stereocenters. The average molecular weight is 676 g/mol. The van der Waals surface area contributed by atoms with Gasteiger partial charge >= 0.3 is 0 Å². The molecule has 5 rings (SSSR count). The van der Waals surface area contributed by atoms with Gasteiger partial charge in [-0.1, -0.05) is 60.7 Å². The Morgan fingerprint density at radius 1 is 0.720 bits per heavy atom. The molecule has 1 aromatic heterocycles. The third-order valence-electron chi connectivity index (χ3n) is 7.55. The first-order chi connectivity index (χ1) is 24.4. The number of phenolic OH excluding ortho intramolecular Hbond substituents is 1. The van der Waals surface area contributed by atoms with Crippen LogP contribution in [-0.2, 0) is 16.0 Å². The number of ketones is 1. The van der Waals surface area contributed by atoms with Gasteiger partial charge in [-0.25, -0.2) is 0 Å². The molecular formula is C38H41N7O5. The summed E-state index contributed by atoms with van der Waals surface area (Å²) in [4.78, 5) is 40.5. The number of hydrogen-bond donors (Lipinski definition) is 4. The SMILES string of the molecule is CN(c1ccc(C(=O)NCc2ccccc2)cc1)c1nc(NCCOCCOCCCC(=O)c2ccccc2)nc(Nc2ccc(O)cc2)n1. The summed E-state index contributed by atoms with van der Waals surface area (Å²) in [6.07, 6.45) is 1.10. The van der Waals surface area contributed by atoms with Crippen LogP contribution < -0.4 is 20.9 Å². The summed E-state index contributed by atoms with van der Waals surface area (Å²) < 4.78 is 11.3. The number of nitrogens with zero attached hydrogens (tertiary/aromatic N) is 4. The Labute approximate surface area is 291 Å². The van der Waals surface area contributed by atoms with E-state index in [9.17, 15) is 14.7 Å². The van der Waals surface area contributed by atoms with Crippen molar-refractivity contribution in [2.45, 2.75) is 19.4 Å². The second-order valence-electron chi connectivity index (χ2n) is 11.3. The fourth-order valence-corrected chi connectivity index (χ4v) is 4.82. The highest BCUT2D eigenvalue weighted by Crippen LogP contribution is 2.24. The molecule has 0 spiro atoms. The number of anilines is 5. The second kappa shape index (κ2) is 18.6. The lowest BCUT2D eigenvalue weighted by atomic mass is 10.1. The topological polar surface area (TPSA) is 151 Å². The van der Waals surface area contributed by atoms with Gasteiger partial charge in [0.15, 0.2) is 5.78 Å². The Balaban J connectivity index is 1.12. The summed E-state index contributed by atoms with van der Waals surface area (Å²) in [5.41, 5.74) is 3.74. The predicted octanol–water partition coefficient (Wildman–Crippen LogP) is 6.13. The van der Waals surface area contributed by atoms with Gasteiger partial charge in [-0.15, -0.1) is 0 Å². The van der Waals surface area contributed by atoms with E-state index in [1.54, 1.807) is 41.3 Å². The second-order valence-corrected chi connectivity index (χ2v) is 11.3. The molecule has 0 saturated carbocycles. The first-order valence-electron chi connectivity index (χ1n) is 16.4. The molecule has 4 aromatic carbocycles. The van der Waals surface area contributed by atoms with Gasteiger partial charge in [-0.3, -0.25) is 9.59 Å². The number of carbonyl (C=O) groups excluding carboxylic acids is 2. The molecule has 0 fully saturated rings. The van der Waals surface area contributed by atoms with Gasteiger partial charge < -0.3 is 35.4 Å². The lowest BCUT2D eigenvalue weighted by molar-refractivity contribution is 0.0497. The highest BCUT2D eigenvalue weighted by atomic mass is 16.5. The van der Waals surface area contributed by atoms with Crippen LogP contribution in [0.1, 0.15) is 39.1 Å². The number of aromatic hydroxyl groups is 1. The molecule has 0 atom stereocenters. The number of carbonyl (C=O) groups is 2. The molecule has 12 heteroatoms. The Morgan fingerprint density at radius 3 is 2.10 bits per heavy atom. The minimum Gasteiger partial charge on any atom is -0.508 e. The van der Waals surface area contributed by atoms with E-state index >= 15 is 0 Å². The van der Waals surface area contributed by atoms with Crippen LogP contribution in [0.2, 0.25) is 0 Å². The van der Waals surface area contributed by atoms with Gasteiger partial charge in [-0.2, -0.15) is 15.0 Å². The number of rotatable bonds is 19. The summed E-state index contributed by atoms with van der Waals surface area (Å²) in [6.45, 7) is 2.59. The van der Waals surface area contributed by atoms with Crippen molar-refractivity contribution in [1.29, 1.82) is 0 Å². The Morgan fingerprint density at radius 2 is 1.38 bits per heavy atom. The zero-order valence-corrected chi connectivity index (χ0v) is 27.9. The van der Waals surface area contributed by atoms with Crippen LogP contribution in [0, 0.1) is 0 Å². The normalized spacial score (nSPS) is 10.7. The van der Waals surface area contributed by atoms with Crippen LogP contribution in [0.5, 0.6) is 5.75 Å². The van der Waals surface area contributed by atoms with Crippen molar-refractivity contribution in [2.24, 2.45) is 0 Å². The number of benzene rings is 4. The highest BCUT2D eigenvalue weighted by Gasteiger charge is 2.14. The fraction of sp³-hybridized carbons (Fsp3) is 0.237. The minimum atomic E-state index is -0.167. The maximum atomic E-state index is 12.7. The summed E-state index contributed by atoms with van der Waals surface area (Å²) in [7, 11) is 1.83. The van der Waals surface area contributed by atoms with E-state index in [2.05, 4.69) is 30.9 Å². The van der Waals surface area contributed by atoms with E-state index in [0.717, 1.165) is 16.8 Å². The molecular weight excluding hydrogens is 634 g/mol. The quantitative estimate of drug-likeness (QED) is 0.0455. The molecule has 50 heavy (non-hydrogen) atoms. The zero-order valence-electron chi connectivity index (χ0n) is 27.9. The van der Waals surface area contributed by atoms with Crippen molar-refractivity contribution < 1.29 is 24.2 Å². The van der Waals surface area contributed by atoms with E-state index in [1.165, 1.54) is 0 Å². The van der Waals surface area contributed by atoms with Crippen LogP contribution in [0.3, 0.4) is 0 Å². The third-order valence-corrected chi connectivity index (χ3v) is 7.55. The fourth-order valence-electron chi connectivity index (χ4n) is 4.82. The van der Waals surface area contributed by atoms with Crippen molar-refractivity contribution in [3.63, 3.8) is 0 Å². The van der Waals surface area contributed by atoms with Crippen LogP contribution in [-0.4, -0.2) is 71.8 Å². The van der Waals surface area contributed by atoms with Crippen molar-refractivity contribution >= 4 is 40.9 Å². The molecule has 258 valence electrons. The number of aromatic nitrogens is 3. The van der Waals surface area contributed by atoms with E-state index in [4.69, 9.17) is 9.47 Å². The van der Waals surface area contributed by atoms with Crippen LogP contribution in [0.15, 0.2) is 109 Å². The molecule has 0 radical (unpaired) electrons. The smallest absolute Gasteiger partial charge is 0.251 e. The number of Topliss-reactive ketones (excluding diaryl/α,β-unsaturated/α-hetero) is 1. The largest absolute Gasteiger partial charge is 0.508 e. The number of ether oxygens (including phenoxy) is 2. The maximum absolute atomic E-state index is 12.7. The molecule has 0 bridgehead atoms. The molecule has 0 saturated heterocycles. The average Bonchev–Trinajstić information content (AvgIpc) is 3.16. The molecule has 1 amide bonds. The minimum absolute atomic E-state index is 0.114. The summed E-state index contributed by atoms with van der Waals surface area (Å²) in [5.74, 6) is 1.09. The van der Waals surface area contributed by atoms with Crippen molar-refractivity contribution in [3.8, 4) is 5.75 Å². The third kappa shape index (κ3) is 11.1. The summed E-state index contributed by atoms with van der Waals surface area (Å²) in [6, 6.07) is 32.7. The molecule has 1 heterocycles. The molecule has 4 N–H and O–H groups in total. The van der Waals surface area contributed by atoms with Crippen LogP contribution in [0.4, 0.5) is 29.2 Å². The Hall–Kier alpha value is -5.85. The van der Waals surface area contributed by atoms with E-state index in [0.29, 0.717) is 81.5 Å². The summed E-state index contributed by atoms with van der Waals surface area (Å²) in [5, 5.41) is 19.0. The van der Waals surface area contributed by atoms with E-state index in [1.807, 2.05) is 79.8 Å². The monoisotopic (exact) mass is 675 g/mol.